The minimum atomic E-state index is -6.06. The third kappa shape index (κ3) is 2.74. The van der Waals surface area contributed by atoms with Crippen molar-refractivity contribution in [3.8, 4) is 0 Å². The molecule has 0 aromatic heterocycles. The number of hydrogen-bond acceptors (Lipinski definition) is 5. The molecule has 1 aliphatic rings. The van der Waals surface area contributed by atoms with Crippen LogP contribution in [0.1, 0.15) is 27.2 Å². The van der Waals surface area contributed by atoms with Crippen LogP contribution < -0.4 is 0 Å². The molecule has 14 heteroatoms. The topological polar surface area (TPSA) is 105 Å². The highest BCUT2D eigenvalue weighted by molar-refractivity contribution is 5.87. The van der Waals surface area contributed by atoms with Gasteiger partial charge in [-0.1, -0.05) is 13.5 Å². The molecule has 0 saturated carbocycles. The van der Waals surface area contributed by atoms with Gasteiger partial charge in [-0.2, -0.15) is 30.7 Å². The van der Waals surface area contributed by atoms with Crippen LogP contribution in [0.5, 0.6) is 0 Å². The number of rotatable bonds is 4. The van der Waals surface area contributed by atoms with Crippen LogP contribution in [0.15, 0.2) is 17.3 Å². The van der Waals surface area contributed by atoms with E-state index in [4.69, 9.17) is 5.53 Å². The second kappa shape index (κ2) is 6.24. The Morgan fingerprint density at radius 2 is 1.78 bits per heavy atom. The summed E-state index contributed by atoms with van der Waals surface area (Å²) in [5.74, 6) is -17.6. The van der Waals surface area contributed by atoms with E-state index in [9.17, 15) is 40.6 Å². The van der Waals surface area contributed by atoms with Crippen molar-refractivity contribution in [2.75, 3.05) is 0 Å². The van der Waals surface area contributed by atoms with Crippen LogP contribution in [-0.2, 0) is 14.3 Å². The molecular weight excluding hydrogens is 395 g/mol. The molecule has 0 aliphatic carbocycles. The Morgan fingerprint density at radius 3 is 2.11 bits per heavy atom. The molecule has 0 spiro atoms. The lowest BCUT2D eigenvalue weighted by Crippen LogP contribution is -2.84. The molecule has 0 bridgehead atoms. The first-order valence-electron chi connectivity index (χ1n) is 7.10. The van der Waals surface area contributed by atoms with Gasteiger partial charge in [0.25, 0.3) is 0 Å². The third-order valence-corrected chi connectivity index (χ3v) is 4.15. The van der Waals surface area contributed by atoms with Gasteiger partial charge in [-0.05, 0) is 30.9 Å². The monoisotopic (exact) mass is 409 g/mol. The first-order chi connectivity index (χ1) is 11.9. The summed E-state index contributed by atoms with van der Waals surface area (Å²) in [6, 6.07) is 0. The normalized spacial score (nSPS) is 35.1. The lowest BCUT2D eigenvalue weighted by Gasteiger charge is -2.57. The number of aliphatic hydroxyl groups is 1. The molecule has 1 heterocycles. The van der Waals surface area contributed by atoms with Crippen LogP contribution in [0.2, 0.25) is 0 Å². The maximum Gasteiger partial charge on any atom is 0.423 e. The summed E-state index contributed by atoms with van der Waals surface area (Å²) in [6.45, 7) is 4.06. The number of esters is 1. The molecule has 27 heavy (non-hydrogen) atoms. The highest BCUT2D eigenvalue weighted by Gasteiger charge is 2.91. The summed E-state index contributed by atoms with van der Waals surface area (Å²) in [6.07, 6.45) is -7.76. The molecule has 3 unspecified atom stereocenters. The molecule has 0 aromatic rings. The van der Waals surface area contributed by atoms with Crippen molar-refractivity contribution in [2.45, 2.75) is 62.3 Å². The lowest BCUT2D eigenvalue weighted by molar-refractivity contribution is -0.515. The van der Waals surface area contributed by atoms with Gasteiger partial charge in [0, 0.05) is 10.5 Å². The zero-order chi connectivity index (χ0) is 21.7. The van der Waals surface area contributed by atoms with Crippen LogP contribution in [0.4, 0.5) is 30.7 Å². The number of azide groups is 1. The minimum Gasteiger partial charge on any atom is -0.417 e. The number of carbonyl (C=O) groups is 1. The van der Waals surface area contributed by atoms with E-state index in [-0.39, 0.29) is 6.92 Å². The van der Waals surface area contributed by atoms with Gasteiger partial charge < -0.3 is 14.6 Å². The Morgan fingerprint density at radius 1 is 1.30 bits per heavy atom. The molecule has 154 valence electrons. The molecular formula is C13H14F7N3O4. The zero-order valence-electron chi connectivity index (χ0n) is 14.1. The molecule has 1 aliphatic heterocycles. The van der Waals surface area contributed by atoms with Gasteiger partial charge in [0.1, 0.15) is 0 Å². The smallest absolute Gasteiger partial charge is 0.417 e. The molecule has 1 N–H and O–H groups in total. The van der Waals surface area contributed by atoms with E-state index in [1.807, 2.05) is 4.91 Å². The fourth-order valence-electron chi connectivity index (χ4n) is 2.45. The molecule has 3 atom stereocenters. The van der Waals surface area contributed by atoms with Gasteiger partial charge in [0.2, 0.25) is 5.60 Å². The Balaban J connectivity index is 3.96. The SMILES string of the molecule is C=C(C)C(=O)OC1(N=[N+]=[N-])OC(CC)(C(F)(F)F)C(F)(F)C(C)(O)C1(F)F. The van der Waals surface area contributed by atoms with E-state index >= 15 is 0 Å². The van der Waals surface area contributed by atoms with Crippen LogP contribution in [0, 0.1) is 0 Å². The largest absolute Gasteiger partial charge is 0.423 e. The van der Waals surface area contributed by atoms with Crippen LogP contribution in [0.3, 0.4) is 0 Å². The average molecular weight is 409 g/mol. The molecule has 1 saturated heterocycles. The summed E-state index contributed by atoms with van der Waals surface area (Å²) in [5, 5.41) is 12.0. The van der Waals surface area contributed by atoms with E-state index in [0.29, 0.717) is 6.92 Å². The molecule has 7 nitrogen and oxygen atoms in total. The summed E-state index contributed by atoms with van der Waals surface area (Å²) >= 11 is 0. The molecule has 1 rings (SSSR count). The van der Waals surface area contributed by atoms with Crippen molar-refractivity contribution in [1.82, 2.24) is 0 Å². The van der Waals surface area contributed by atoms with Crippen LogP contribution in [0.25, 0.3) is 10.4 Å². The van der Waals surface area contributed by atoms with E-state index in [1.165, 1.54) is 0 Å². The number of nitrogens with zero attached hydrogens (tertiary/aromatic N) is 3. The minimum absolute atomic E-state index is 0.318. The summed E-state index contributed by atoms with van der Waals surface area (Å²) in [5.41, 5.74) is -1.76. The molecule has 0 amide bonds. The Kier molecular flexibility index (Phi) is 5.32. The van der Waals surface area contributed by atoms with Crippen molar-refractivity contribution in [2.24, 2.45) is 5.11 Å². The quantitative estimate of drug-likeness (QED) is 0.190. The van der Waals surface area contributed by atoms with Gasteiger partial charge in [-0.3, -0.25) is 0 Å². The molecule has 1 fully saturated rings. The first-order valence-corrected chi connectivity index (χ1v) is 7.10. The van der Waals surface area contributed by atoms with E-state index in [1.54, 1.807) is 0 Å². The number of carbonyl (C=O) groups excluding carboxylic acids is 1. The van der Waals surface area contributed by atoms with E-state index in [2.05, 4.69) is 21.2 Å². The highest BCUT2D eigenvalue weighted by atomic mass is 19.4. The maximum atomic E-state index is 14.7. The fraction of sp³-hybridized carbons (Fsp3) is 0.769. The van der Waals surface area contributed by atoms with Crippen molar-refractivity contribution < 1.29 is 50.1 Å². The summed E-state index contributed by atoms with van der Waals surface area (Å²) in [4.78, 5) is 13.5. The van der Waals surface area contributed by atoms with Crippen molar-refractivity contribution in [3.05, 3.63) is 22.6 Å². The van der Waals surface area contributed by atoms with Gasteiger partial charge in [-0.15, -0.1) is 0 Å². The zero-order valence-corrected chi connectivity index (χ0v) is 14.1. The van der Waals surface area contributed by atoms with Crippen molar-refractivity contribution in [3.63, 3.8) is 0 Å². The van der Waals surface area contributed by atoms with Crippen LogP contribution >= 0.6 is 0 Å². The molecule has 0 radical (unpaired) electrons. The van der Waals surface area contributed by atoms with Crippen molar-refractivity contribution >= 4 is 5.97 Å². The second-order valence-electron chi connectivity index (χ2n) is 5.94. The predicted molar refractivity (Wildman–Crippen MR) is 73.5 cm³/mol. The summed E-state index contributed by atoms with van der Waals surface area (Å²) in [7, 11) is 0. The highest BCUT2D eigenvalue weighted by Crippen LogP contribution is 2.64. The Hall–Kier alpha value is -2.05. The standard InChI is InChI=1S/C13H14F7N3O4/c1-5-9(12(18,19)20)10(14,15)8(4,25)11(16,17)13(27-9,22-23-21)26-7(24)6(2)3/h25H,2,5H2,1,3-4H3. The number of halogens is 7. The third-order valence-electron chi connectivity index (χ3n) is 4.15. The van der Waals surface area contributed by atoms with Gasteiger partial charge in [-0.25, -0.2) is 4.79 Å². The fourth-order valence-corrected chi connectivity index (χ4v) is 2.45. The van der Waals surface area contributed by atoms with Crippen LogP contribution in [-0.4, -0.2) is 46.2 Å². The van der Waals surface area contributed by atoms with E-state index in [0.717, 1.165) is 6.92 Å². The van der Waals surface area contributed by atoms with Crippen molar-refractivity contribution in [1.29, 1.82) is 0 Å². The maximum absolute atomic E-state index is 14.7. The first kappa shape index (κ1) is 23.0. The number of hydrogen-bond donors (Lipinski definition) is 1. The second-order valence-corrected chi connectivity index (χ2v) is 5.94. The molecule has 0 aromatic carbocycles. The Labute approximate surface area is 147 Å². The predicted octanol–water partition coefficient (Wildman–Crippen LogP) is 3.83. The number of ether oxygens (including phenoxy) is 2. The summed E-state index contributed by atoms with van der Waals surface area (Å²) < 4.78 is 107. The van der Waals surface area contributed by atoms with Gasteiger partial charge in [0.15, 0.2) is 5.60 Å². The average Bonchev–Trinajstić information content (AvgIpc) is 2.49. The van der Waals surface area contributed by atoms with Gasteiger partial charge >= 0.3 is 29.9 Å². The number of alkyl halides is 7. The lowest BCUT2D eigenvalue weighted by atomic mass is 9.73. The Bertz CT molecular complexity index is 703. The van der Waals surface area contributed by atoms with Gasteiger partial charge in [0.05, 0.1) is 0 Å². The van der Waals surface area contributed by atoms with E-state index < -0.39 is 53.1 Å².